The topological polar surface area (TPSA) is 37.4 Å². The summed E-state index contributed by atoms with van der Waals surface area (Å²) in [5, 5.41) is 3.41. The van der Waals surface area contributed by atoms with E-state index in [4.69, 9.17) is 0 Å². The Labute approximate surface area is 79.3 Å². The van der Waals surface area contributed by atoms with E-state index in [0.29, 0.717) is 11.1 Å². The fourth-order valence-electron chi connectivity index (χ4n) is 1.31. The van der Waals surface area contributed by atoms with Crippen molar-refractivity contribution >= 4 is 23.2 Å². The normalized spacial score (nSPS) is 14.9. The minimum absolute atomic E-state index is 0.207. The highest BCUT2D eigenvalue weighted by Crippen LogP contribution is 2.25. The lowest BCUT2D eigenvalue weighted by atomic mass is 10.2. The lowest BCUT2D eigenvalue weighted by Crippen LogP contribution is -2.29. The summed E-state index contributed by atoms with van der Waals surface area (Å²) in [4.78, 5) is 24.2. The van der Waals surface area contributed by atoms with Crippen LogP contribution in [0, 0.1) is 0 Å². The molecule has 0 saturated heterocycles. The van der Waals surface area contributed by atoms with E-state index < -0.39 is 0 Å². The average Bonchev–Trinajstić information content (AvgIpc) is 2.66. The maximum atomic E-state index is 11.5. The molecule has 13 heavy (non-hydrogen) atoms. The molecule has 2 amide bonds. The van der Waals surface area contributed by atoms with E-state index in [-0.39, 0.29) is 18.4 Å². The Bertz CT molecular complexity index is 364. The van der Waals surface area contributed by atoms with Crippen LogP contribution in [0.4, 0.5) is 0 Å². The largest absolute Gasteiger partial charge is 0.270 e. The summed E-state index contributed by atoms with van der Waals surface area (Å²) in [6.45, 7) is 3.79. The molecule has 2 heterocycles. The highest BCUT2D eigenvalue weighted by molar-refractivity contribution is 7.08. The van der Waals surface area contributed by atoms with Gasteiger partial charge < -0.3 is 0 Å². The molecule has 1 aliphatic rings. The van der Waals surface area contributed by atoms with Crippen LogP contribution < -0.4 is 0 Å². The van der Waals surface area contributed by atoms with Gasteiger partial charge in [-0.1, -0.05) is 6.08 Å². The first-order valence-corrected chi connectivity index (χ1v) is 4.73. The van der Waals surface area contributed by atoms with Crippen LogP contribution in [-0.4, -0.2) is 23.3 Å². The zero-order valence-corrected chi connectivity index (χ0v) is 7.63. The van der Waals surface area contributed by atoms with Gasteiger partial charge in [0.25, 0.3) is 11.8 Å². The van der Waals surface area contributed by atoms with E-state index in [1.165, 1.54) is 16.2 Å². The fourth-order valence-corrected chi connectivity index (χ4v) is 2.10. The van der Waals surface area contributed by atoms with Crippen molar-refractivity contribution in [3.8, 4) is 0 Å². The van der Waals surface area contributed by atoms with Crippen LogP contribution in [0.25, 0.3) is 0 Å². The fraction of sp³-hybridized carbons (Fsp3) is 0.111. The lowest BCUT2D eigenvalue weighted by Gasteiger charge is -2.09. The van der Waals surface area contributed by atoms with Crippen LogP contribution in [0.3, 0.4) is 0 Å². The van der Waals surface area contributed by atoms with Crippen molar-refractivity contribution in [3.63, 3.8) is 0 Å². The van der Waals surface area contributed by atoms with Gasteiger partial charge in [-0.05, 0) is 0 Å². The summed E-state index contributed by atoms with van der Waals surface area (Å²) in [7, 11) is 0. The van der Waals surface area contributed by atoms with E-state index in [1.807, 2.05) is 0 Å². The highest BCUT2D eigenvalue weighted by atomic mass is 32.1. The van der Waals surface area contributed by atoms with E-state index in [2.05, 4.69) is 6.58 Å². The van der Waals surface area contributed by atoms with Gasteiger partial charge in [-0.3, -0.25) is 14.5 Å². The van der Waals surface area contributed by atoms with Crippen LogP contribution in [0.2, 0.25) is 0 Å². The Balaban J connectivity index is 2.43. The number of carbonyl (C=O) groups excluding carboxylic acids is 2. The first-order valence-electron chi connectivity index (χ1n) is 3.79. The summed E-state index contributed by atoms with van der Waals surface area (Å²) in [6, 6.07) is 0. The molecule has 0 bridgehead atoms. The van der Waals surface area contributed by atoms with Gasteiger partial charge in [0.1, 0.15) is 0 Å². The molecule has 1 aromatic rings. The summed E-state index contributed by atoms with van der Waals surface area (Å²) in [6.07, 6.45) is 1.55. The quantitative estimate of drug-likeness (QED) is 0.527. The molecular formula is C9H7NO2S. The number of rotatable bonds is 2. The van der Waals surface area contributed by atoms with E-state index in [0.717, 1.165) is 0 Å². The van der Waals surface area contributed by atoms with Crippen molar-refractivity contribution in [2.24, 2.45) is 0 Å². The number of hydrogen-bond donors (Lipinski definition) is 0. The smallest absolute Gasteiger partial charge is 0.262 e. The monoisotopic (exact) mass is 193 g/mol. The maximum Gasteiger partial charge on any atom is 0.262 e. The third-order valence-corrected chi connectivity index (χ3v) is 2.67. The lowest BCUT2D eigenvalue weighted by molar-refractivity contribution is 0.0672. The maximum absolute atomic E-state index is 11.5. The van der Waals surface area contributed by atoms with Gasteiger partial charge >= 0.3 is 0 Å². The number of imide groups is 1. The molecule has 0 fully saturated rings. The molecule has 0 aromatic carbocycles. The Morgan fingerprint density at radius 2 is 1.85 bits per heavy atom. The van der Waals surface area contributed by atoms with Crippen molar-refractivity contribution in [3.05, 3.63) is 34.5 Å². The number of carbonyl (C=O) groups is 2. The molecule has 1 aliphatic heterocycles. The van der Waals surface area contributed by atoms with Crippen molar-refractivity contribution < 1.29 is 9.59 Å². The molecule has 66 valence electrons. The van der Waals surface area contributed by atoms with Gasteiger partial charge in [0.2, 0.25) is 0 Å². The summed E-state index contributed by atoms with van der Waals surface area (Å²) >= 11 is 1.38. The highest BCUT2D eigenvalue weighted by Gasteiger charge is 2.35. The zero-order valence-electron chi connectivity index (χ0n) is 6.82. The van der Waals surface area contributed by atoms with E-state index >= 15 is 0 Å². The Hall–Kier alpha value is -1.42. The number of thiophene rings is 1. The Kier molecular flexibility index (Phi) is 1.77. The summed E-state index contributed by atoms with van der Waals surface area (Å²) in [5.41, 5.74) is 1.05. The number of fused-ring (bicyclic) bond motifs is 1. The van der Waals surface area contributed by atoms with Crippen molar-refractivity contribution in [1.82, 2.24) is 4.90 Å². The minimum atomic E-state index is -0.207. The molecular weight excluding hydrogens is 186 g/mol. The number of nitrogens with zero attached hydrogens (tertiary/aromatic N) is 1. The molecule has 1 aromatic heterocycles. The Morgan fingerprint density at radius 3 is 2.31 bits per heavy atom. The standard InChI is InChI=1S/C9H7NO2S/c1-2-3-10-8(11)6-4-13-5-7(6)9(10)12/h2,4-5H,1,3H2. The molecule has 4 heteroatoms. The second-order valence-electron chi connectivity index (χ2n) is 2.71. The van der Waals surface area contributed by atoms with Gasteiger partial charge in [0.05, 0.1) is 11.1 Å². The molecule has 0 spiro atoms. The van der Waals surface area contributed by atoms with Gasteiger partial charge in [-0.15, -0.1) is 6.58 Å². The second kappa shape index (κ2) is 2.81. The minimum Gasteiger partial charge on any atom is -0.270 e. The van der Waals surface area contributed by atoms with Crippen LogP contribution >= 0.6 is 11.3 Å². The summed E-state index contributed by atoms with van der Waals surface area (Å²) < 4.78 is 0. The van der Waals surface area contributed by atoms with E-state index in [1.54, 1.807) is 16.8 Å². The van der Waals surface area contributed by atoms with Crippen molar-refractivity contribution in [2.45, 2.75) is 0 Å². The molecule has 0 N–H and O–H groups in total. The second-order valence-corrected chi connectivity index (χ2v) is 3.45. The predicted molar refractivity (Wildman–Crippen MR) is 49.9 cm³/mol. The molecule has 0 aliphatic carbocycles. The average molecular weight is 193 g/mol. The van der Waals surface area contributed by atoms with Crippen LogP contribution in [-0.2, 0) is 0 Å². The molecule has 3 nitrogen and oxygen atoms in total. The number of amides is 2. The van der Waals surface area contributed by atoms with Gasteiger partial charge in [0.15, 0.2) is 0 Å². The molecule has 0 unspecified atom stereocenters. The zero-order chi connectivity index (χ0) is 9.42. The third-order valence-electron chi connectivity index (χ3n) is 1.92. The third kappa shape index (κ3) is 1.02. The van der Waals surface area contributed by atoms with Gasteiger partial charge in [-0.25, -0.2) is 0 Å². The Morgan fingerprint density at radius 1 is 1.31 bits per heavy atom. The van der Waals surface area contributed by atoms with Crippen LogP contribution in [0.5, 0.6) is 0 Å². The molecule has 0 atom stereocenters. The van der Waals surface area contributed by atoms with E-state index in [9.17, 15) is 9.59 Å². The van der Waals surface area contributed by atoms with Crippen LogP contribution in [0.1, 0.15) is 20.7 Å². The van der Waals surface area contributed by atoms with Crippen molar-refractivity contribution in [2.75, 3.05) is 6.54 Å². The molecule has 0 radical (unpaired) electrons. The first kappa shape index (κ1) is 8.19. The van der Waals surface area contributed by atoms with Crippen molar-refractivity contribution in [1.29, 1.82) is 0 Å². The predicted octanol–water partition coefficient (Wildman–Crippen LogP) is 1.53. The SMILES string of the molecule is C=CCN1C(=O)c2cscc2C1=O. The van der Waals surface area contributed by atoms with Crippen LogP contribution in [0.15, 0.2) is 23.4 Å². The van der Waals surface area contributed by atoms with Gasteiger partial charge in [-0.2, -0.15) is 11.3 Å². The van der Waals surface area contributed by atoms with Gasteiger partial charge in [0, 0.05) is 17.3 Å². The molecule has 0 saturated carbocycles. The first-order chi connectivity index (χ1) is 6.25. The molecule has 2 rings (SSSR count). The number of hydrogen-bond acceptors (Lipinski definition) is 3. The summed E-state index contributed by atoms with van der Waals surface area (Å²) in [5.74, 6) is -0.415.